The van der Waals surface area contributed by atoms with Crippen LogP contribution >= 0.6 is 0 Å². The molecule has 0 aromatic carbocycles. The van der Waals surface area contributed by atoms with Gasteiger partial charge < -0.3 is 5.11 Å². The lowest BCUT2D eigenvalue weighted by atomic mass is 9.61. The molecule has 1 aliphatic rings. The van der Waals surface area contributed by atoms with Gasteiger partial charge in [0, 0.05) is 0 Å². The molecule has 2 heteroatoms. The largest absolute Gasteiger partial charge is 0.481 e. The highest BCUT2D eigenvalue weighted by Gasteiger charge is 2.43. The fourth-order valence-corrected chi connectivity index (χ4v) is 3.07. The first-order valence-corrected chi connectivity index (χ1v) is 5.88. The summed E-state index contributed by atoms with van der Waals surface area (Å²) in [5.74, 6) is 0.309. The predicted molar refractivity (Wildman–Crippen MR) is 61.7 cm³/mol. The van der Waals surface area contributed by atoms with E-state index in [1.807, 2.05) is 13.8 Å². The minimum Gasteiger partial charge on any atom is -0.481 e. The van der Waals surface area contributed by atoms with E-state index in [2.05, 4.69) is 20.8 Å². The van der Waals surface area contributed by atoms with Crippen molar-refractivity contribution in [3.05, 3.63) is 0 Å². The van der Waals surface area contributed by atoms with Gasteiger partial charge in [0.25, 0.3) is 0 Å². The van der Waals surface area contributed by atoms with Crippen LogP contribution in [0.15, 0.2) is 0 Å². The molecule has 15 heavy (non-hydrogen) atoms. The van der Waals surface area contributed by atoms with Crippen LogP contribution in [0.4, 0.5) is 0 Å². The van der Waals surface area contributed by atoms with E-state index in [-0.39, 0.29) is 0 Å². The van der Waals surface area contributed by atoms with Crippen molar-refractivity contribution >= 4 is 5.97 Å². The maximum atomic E-state index is 11.2. The third kappa shape index (κ3) is 2.73. The van der Waals surface area contributed by atoms with E-state index >= 15 is 0 Å². The highest BCUT2D eigenvalue weighted by molar-refractivity contribution is 5.74. The van der Waals surface area contributed by atoms with Gasteiger partial charge in [-0.2, -0.15) is 0 Å². The minimum absolute atomic E-state index is 0.301. The molecule has 0 bridgehead atoms. The van der Waals surface area contributed by atoms with Crippen molar-refractivity contribution in [3.8, 4) is 0 Å². The average molecular weight is 212 g/mol. The van der Waals surface area contributed by atoms with Gasteiger partial charge in [-0.25, -0.2) is 0 Å². The van der Waals surface area contributed by atoms with E-state index in [9.17, 15) is 9.90 Å². The van der Waals surface area contributed by atoms with Crippen molar-refractivity contribution in [2.75, 3.05) is 0 Å². The summed E-state index contributed by atoms with van der Waals surface area (Å²) in [6, 6.07) is 0. The summed E-state index contributed by atoms with van der Waals surface area (Å²) in [5, 5.41) is 9.25. The number of carboxylic acid groups (broad SMARTS) is 1. The van der Waals surface area contributed by atoms with Gasteiger partial charge in [-0.1, -0.05) is 20.8 Å². The standard InChI is InChI=1S/C13H24O2/c1-9-6-10(8-12(2,3)7-9)13(4,5)11(14)15/h9-10H,6-8H2,1-5H3,(H,14,15). The Morgan fingerprint density at radius 3 is 2.27 bits per heavy atom. The number of carbonyl (C=O) groups is 1. The average Bonchev–Trinajstić information content (AvgIpc) is 1.99. The van der Waals surface area contributed by atoms with Crippen molar-refractivity contribution in [2.45, 2.75) is 53.9 Å². The second-order valence-corrected chi connectivity index (χ2v) is 6.64. The second-order valence-electron chi connectivity index (χ2n) is 6.64. The van der Waals surface area contributed by atoms with Crippen molar-refractivity contribution in [2.24, 2.45) is 22.7 Å². The van der Waals surface area contributed by atoms with Crippen LogP contribution in [-0.2, 0) is 4.79 Å². The lowest BCUT2D eigenvalue weighted by Gasteiger charge is -2.44. The van der Waals surface area contributed by atoms with E-state index in [1.54, 1.807) is 0 Å². The maximum Gasteiger partial charge on any atom is 0.309 e. The van der Waals surface area contributed by atoms with E-state index in [0.29, 0.717) is 17.3 Å². The fraction of sp³-hybridized carbons (Fsp3) is 0.923. The first kappa shape index (κ1) is 12.5. The second kappa shape index (κ2) is 3.80. The van der Waals surface area contributed by atoms with Crippen LogP contribution in [0.25, 0.3) is 0 Å². The Labute approximate surface area is 93.1 Å². The van der Waals surface area contributed by atoms with Gasteiger partial charge in [-0.3, -0.25) is 4.79 Å². The van der Waals surface area contributed by atoms with Gasteiger partial charge in [0.15, 0.2) is 0 Å². The van der Waals surface area contributed by atoms with Crippen LogP contribution in [-0.4, -0.2) is 11.1 Å². The molecule has 0 radical (unpaired) electrons. The molecule has 0 heterocycles. The molecule has 0 spiro atoms. The topological polar surface area (TPSA) is 37.3 Å². The summed E-state index contributed by atoms with van der Waals surface area (Å²) in [4.78, 5) is 11.2. The third-order valence-corrected chi connectivity index (χ3v) is 3.96. The van der Waals surface area contributed by atoms with Gasteiger partial charge in [0.1, 0.15) is 0 Å². The molecule has 1 fully saturated rings. The van der Waals surface area contributed by atoms with Gasteiger partial charge in [-0.15, -0.1) is 0 Å². The van der Waals surface area contributed by atoms with Gasteiger partial charge in [0.05, 0.1) is 5.41 Å². The van der Waals surface area contributed by atoms with Crippen LogP contribution in [0.5, 0.6) is 0 Å². The lowest BCUT2D eigenvalue weighted by molar-refractivity contribution is -0.152. The molecule has 0 saturated heterocycles. The van der Waals surface area contributed by atoms with Gasteiger partial charge in [0.2, 0.25) is 0 Å². The highest BCUT2D eigenvalue weighted by atomic mass is 16.4. The number of carboxylic acids is 1. The van der Waals surface area contributed by atoms with Crippen LogP contribution in [0, 0.1) is 22.7 Å². The van der Waals surface area contributed by atoms with Crippen LogP contribution < -0.4 is 0 Å². The van der Waals surface area contributed by atoms with E-state index < -0.39 is 11.4 Å². The molecule has 88 valence electrons. The number of hydrogen-bond acceptors (Lipinski definition) is 1. The van der Waals surface area contributed by atoms with Crippen LogP contribution in [0.3, 0.4) is 0 Å². The minimum atomic E-state index is -0.655. The fourth-order valence-electron chi connectivity index (χ4n) is 3.07. The lowest BCUT2D eigenvalue weighted by Crippen LogP contribution is -2.40. The Balaban J connectivity index is 2.83. The molecule has 1 aliphatic carbocycles. The van der Waals surface area contributed by atoms with E-state index in [0.717, 1.165) is 12.8 Å². The quantitative estimate of drug-likeness (QED) is 0.760. The van der Waals surface area contributed by atoms with Crippen LogP contribution in [0.2, 0.25) is 0 Å². The summed E-state index contributed by atoms with van der Waals surface area (Å²) in [6.07, 6.45) is 3.32. The first-order valence-electron chi connectivity index (χ1n) is 5.88. The number of hydrogen-bond donors (Lipinski definition) is 1. The van der Waals surface area contributed by atoms with Gasteiger partial charge in [-0.05, 0) is 50.4 Å². The molecule has 1 N–H and O–H groups in total. The third-order valence-electron chi connectivity index (χ3n) is 3.96. The Hall–Kier alpha value is -0.530. The SMILES string of the molecule is CC1CC(C(C)(C)C(=O)O)CC(C)(C)C1. The maximum absolute atomic E-state index is 11.2. The molecule has 0 aromatic rings. The summed E-state index contributed by atoms with van der Waals surface area (Å²) in [6.45, 7) is 10.5. The zero-order valence-corrected chi connectivity index (χ0v) is 10.6. The normalized spacial score (nSPS) is 31.3. The van der Waals surface area contributed by atoms with Gasteiger partial charge >= 0.3 is 5.97 Å². The monoisotopic (exact) mass is 212 g/mol. The molecular weight excluding hydrogens is 188 g/mol. The van der Waals surface area contributed by atoms with Crippen molar-refractivity contribution < 1.29 is 9.90 Å². The summed E-state index contributed by atoms with van der Waals surface area (Å²) in [7, 11) is 0. The number of aliphatic carboxylic acids is 1. The zero-order valence-electron chi connectivity index (χ0n) is 10.6. The van der Waals surface area contributed by atoms with Crippen molar-refractivity contribution in [3.63, 3.8) is 0 Å². The Morgan fingerprint density at radius 1 is 1.33 bits per heavy atom. The zero-order chi connectivity index (χ0) is 11.9. The molecule has 0 aliphatic heterocycles. The molecule has 2 unspecified atom stereocenters. The molecular formula is C13H24O2. The molecule has 2 nitrogen and oxygen atoms in total. The van der Waals surface area contributed by atoms with E-state index in [1.165, 1.54) is 6.42 Å². The molecule has 0 aromatic heterocycles. The summed E-state index contributed by atoms with van der Waals surface area (Å²) < 4.78 is 0. The molecule has 2 atom stereocenters. The summed E-state index contributed by atoms with van der Waals surface area (Å²) >= 11 is 0. The molecule has 0 amide bonds. The Morgan fingerprint density at radius 2 is 1.87 bits per heavy atom. The first-order chi connectivity index (χ1) is 6.65. The molecule has 1 saturated carbocycles. The Kier molecular flexibility index (Phi) is 3.18. The smallest absolute Gasteiger partial charge is 0.309 e. The molecule has 1 rings (SSSR count). The van der Waals surface area contributed by atoms with E-state index in [4.69, 9.17) is 0 Å². The highest BCUT2D eigenvalue weighted by Crippen LogP contribution is 2.48. The summed E-state index contributed by atoms with van der Waals surface area (Å²) in [5.41, 5.74) is -0.277. The van der Waals surface area contributed by atoms with Crippen molar-refractivity contribution in [1.29, 1.82) is 0 Å². The predicted octanol–water partition coefficient (Wildman–Crippen LogP) is 3.56. The van der Waals surface area contributed by atoms with Crippen molar-refractivity contribution in [1.82, 2.24) is 0 Å². The van der Waals surface area contributed by atoms with Crippen LogP contribution in [0.1, 0.15) is 53.9 Å². The number of rotatable bonds is 2. The Bertz CT molecular complexity index is 253.